The minimum Gasteiger partial charge on any atom is -0.362 e. The molecule has 7 nitrogen and oxygen atoms in total. The zero-order valence-electron chi connectivity index (χ0n) is 13.5. The fraction of sp³-hybridized carbons (Fsp3) is 0.786. The third-order valence-electron chi connectivity index (χ3n) is 4.27. The van der Waals surface area contributed by atoms with Crippen LogP contribution in [0.3, 0.4) is 0 Å². The van der Waals surface area contributed by atoms with Gasteiger partial charge in [-0.2, -0.15) is 5.10 Å². The van der Waals surface area contributed by atoms with E-state index in [4.69, 9.17) is 0 Å². The minimum absolute atomic E-state index is 0.0867. The summed E-state index contributed by atoms with van der Waals surface area (Å²) in [6.45, 7) is 8.85. The fourth-order valence-corrected chi connectivity index (χ4v) is 2.88. The second kappa shape index (κ2) is 6.01. The van der Waals surface area contributed by atoms with Crippen molar-refractivity contribution in [1.29, 1.82) is 0 Å². The van der Waals surface area contributed by atoms with Gasteiger partial charge in [0.2, 0.25) is 5.82 Å². The van der Waals surface area contributed by atoms with Crippen LogP contribution in [0.15, 0.2) is 0 Å². The summed E-state index contributed by atoms with van der Waals surface area (Å²) in [7, 11) is 2.12. The van der Waals surface area contributed by atoms with Crippen LogP contribution < -0.4 is 5.32 Å². The molecule has 2 rings (SSSR count). The number of aryl methyl sites for hydroxylation is 1. The maximum atomic E-state index is 11.3. The molecule has 118 valence electrons. The summed E-state index contributed by atoms with van der Waals surface area (Å²) in [4.78, 5) is 13.3. The highest BCUT2D eigenvalue weighted by Gasteiger charge is 2.30. The highest BCUT2D eigenvalue weighted by molar-refractivity contribution is 5.60. The molecule has 0 aliphatic carbocycles. The molecule has 0 saturated carbocycles. The normalized spacial score (nSPS) is 23.5. The average Bonchev–Trinajstić information content (AvgIpc) is 2.71. The maximum Gasteiger partial charge on any atom is 0.333 e. The number of rotatable bonds is 4. The molecule has 1 N–H and O–H groups in total. The van der Waals surface area contributed by atoms with Crippen molar-refractivity contribution in [3.63, 3.8) is 0 Å². The maximum absolute atomic E-state index is 11.3. The van der Waals surface area contributed by atoms with Crippen LogP contribution in [0.25, 0.3) is 0 Å². The van der Waals surface area contributed by atoms with Gasteiger partial charge >= 0.3 is 5.69 Å². The molecule has 0 spiro atoms. The van der Waals surface area contributed by atoms with E-state index in [9.17, 15) is 10.1 Å². The molecule has 7 heteroatoms. The van der Waals surface area contributed by atoms with Crippen molar-refractivity contribution in [3.8, 4) is 0 Å². The van der Waals surface area contributed by atoms with Crippen molar-refractivity contribution in [3.05, 3.63) is 15.8 Å². The average molecular weight is 295 g/mol. The Hall–Kier alpha value is -1.63. The Bertz CT molecular complexity index is 526. The summed E-state index contributed by atoms with van der Waals surface area (Å²) < 4.78 is 1.73. The molecular formula is C14H25N5O2. The number of nitro groups is 1. The molecule has 1 saturated heterocycles. The van der Waals surface area contributed by atoms with Crippen molar-refractivity contribution in [2.45, 2.75) is 58.7 Å². The Morgan fingerprint density at radius 1 is 1.48 bits per heavy atom. The van der Waals surface area contributed by atoms with Crippen molar-refractivity contribution >= 4 is 11.5 Å². The molecule has 1 aliphatic heterocycles. The van der Waals surface area contributed by atoms with E-state index >= 15 is 0 Å². The Labute approximate surface area is 125 Å². The van der Waals surface area contributed by atoms with E-state index in [2.05, 4.69) is 29.3 Å². The predicted octanol–water partition coefficient (Wildman–Crippen LogP) is 2.58. The Morgan fingerprint density at radius 3 is 2.67 bits per heavy atom. The summed E-state index contributed by atoms with van der Waals surface area (Å²) >= 11 is 0. The lowest BCUT2D eigenvalue weighted by molar-refractivity contribution is -0.384. The lowest BCUT2D eigenvalue weighted by Crippen LogP contribution is -2.43. The largest absolute Gasteiger partial charge is 0.362 e. The van der Waals surface area contributed by atoms with Crippen molar-refractivity contribution in [1.82, 2.24) is 14.7 Å². The first-order chi connectivity index (χ1) is 9.81. The lowest BCUT2D eigenvalue weighted by Gasteiger charge is -2.35. The molecule has 21 heavy (non-hydrogen) atoms. The van der Waals surface area contributed by atoms with E-state index in [-0.39, 0.29) is 22.7 Å². The number of nitrogens with one attached hydrogen (secondary N) is 1. The molecule has 0 aromatic carbocycles. The molecule has 1 aromatic heterocycles. The van der Waals surface area contributed by atoms with E-state index in [1.54, 1.807) is 11.6 Å². The van der Waals surface area contributed by atoms with Gasteiger partial charge in [-0.25, -0.2) is 4.68 Å². The monoisotopic (exact) mass is 295 g/mol. The molecule has 0 amide bonds. The summed E-state index contributed by atoms with van der Waals surface area (Å²) in [5.74, 6) is 0.550. The molecule has 2 unspecified atom stereocenters. The van der Waals surface area contributed by atoms with Crippen LogP contribution in [0, 0.1) is 17.0 Å². The van der Waals surface area contributed by atoms with Gasteiger partial charge in [0.25, 0.3) is 0 Å². The summed E-state index contributed by atoms with van der Waals surface area (Å²) in [6.07, 6.45) is 1.97. The van der Waals surface area contributed by atoms with E-state index in [1.807, 2.05) is 13.8 Å². The molecule has 2 atom stereocenters. The molecule has 0 bridgehead atoms. The van der Waals surface area contributed by atoms with Crippen LogP contribution in [0.4, 0.5) is 11.5 Å². The number of nitrogens with zero attached hydrogens (tertiary/aromatic N) is 4. The second-order valence-corrected chi connectivity index (χ2v) is 6.27. The molecule has 0 radical (unpaired) electrons. The number of aromatic nitrogens is 2. The summed E-state index contributed by atoms with van der Waals surface area (Å²) in [5.41, 5.74) is 0.576. The zero-order valence-corrected chi connectivity index (χ0v) is 13.5. The highest BCUT2D eigenvalue weighted by atomic mass is 16.6. The summed E-state index contributed by atoms with van der Waals surface area (Å²) in [5, 5.41) is 19.1. The number of likely N-dealkylation sites (tertiary alicyclic amines) is 1. The molecule has 1 fully saturated rings. The quantitative estimate of drug-likeness (QED) is 0.682. The van der Waals surface area contributed by atoms with E-state index < -0.39 is 0 Å². The van der Waals surface area contributed by atoms with E-state index in [0.29, 0.717) is 17.6 Å². The standard InChI is InChI=1S/C14H25N5O2/c1-9(2)18-14(13(19(20)21)11(4)16-18)15-12-6-7-17(5)10(3)8-12/h9-10,12,15H,6-8H2,1-5H3. The second-order valence-electron chi connectivity index (χ2n) is 6.27. The third kappa shape index (κ3) is 3.18. The smallest absolute Gasteiger partial charge is 0.333 e. The van der Waals surface area contributed by atoms with E-state index in [0.717, 1.165) is 19.4 Å². The van der Waals surface area contributed by atoms with Crippen LogP contribution in [0.5, 0.6) is 0 Å². The van der Waals surface area contributed by atoms with Crippen LogP contribution in [0.2, 0.25) is 0 Å². The minimum atomic E-state index is -0.331. The lowest BCUT2D eigenvalue weighted by atomic mass is 9.99. The number of hydrogen-bond acceptors (Lipinski definition) is 5. The van der Waals surface area contributed by atoms with Gasteiger partial charge in [-0.1, -0.05) is 0 Å². The zero-order chi connectivity index (χ0) is 15.7. The number of piperidine rings is 1. The SMILES string of the molecule is Cc1nn(C(C)C)c(NC2CCN(C)C(C)C2)c1[N+](=O)[O-]. The van der Waals surface area contributed by atoms with E-state index in [1.165, 1.54) is 0 Å². The third-order valence-corrected chi connectivity index (χ3v) is 4.27. The first-order valence-corrected chi connectivity index (χ1v) is 7.51. The van der Waals surface area contributed by atoms with Gasteiger partial charge in [-0.15, -0.1) is 0 Å². The first kappa shape index (κ1) is 15.8. The number of hydrogen-bond donors (Lipinski definition) is 1. The fourth-order valence-electron chi connectivity index (χ4n) is 2.88. The number of anilines is 1. The Kier molecular flexibility index (Phi) is 4.51. The van der Waals surface area contributed by atoms with Gasteiger partial charge in [0.15, 0.2) is 0 Å². The topological polar surface area (TPSA) is 76.2 Å². The van der Waals surface area contributed by atoms with Crippen molar-refractivity contribution in [2.24, 2.45) is 0 Å². The highest BCUT2D eigenvalue weighted by Crippen LogP contribution is 2.32. The Balaban J connectivity index is 2.28. The molecule has 1 aromatic rings. The van der Waals surface area contributed by atoms with Crippen LogP contribution >= 0.6 is 0 Å². The van der Waals surface area contributed by atoms with Crippen molar-refractivity contribution in [2.75, 3.05) is 18.9 Å². The molecular weight excluding hydrogens is 270 g/mol. The predicted molar refractivity (Wildman–Crippen MR) is 82.7 cm³/mol. The Morgan fingerprint density at radius 2 is 2.14 bits per heavy atom. The van der Waals surface area contributed by atoms with Gasteiger partial charge in [0.1, 0.15) is 5.69 Å². The molecule has 1 aliphatic rings. The van der Waals surface area contributed by atoms with Crippen LogP contribution in [-0.4, -0.2) is 45.3 Å². The van der Waals surface area contributed by atoms with Gasteiger partial charge in [-0.05, 0) is 47.6 Å². The summed E-state index contributed by atoms with van der Waals surface area (Å²) in [6, 6.07) is 0.818. The van der Waals surface area contributed by atoms with Gasteiger partial charge < -0.3 is 10.2 Å². The molecule has 2 heterocycles. The van der Waals surface area contributed by atoms with Gasteiger partial charge in [-0.3, -0.25) is 10.1 Å². The van der Waals surface area contributed by atoms with Gasteiger partial charge in [0, 0.05) is 24.7 Å². The van der Waals surface area contributed by atoms with Crippen molar-refractivity contribution < 1.29 is 4.92 Å². The van der Waals surface area contributed by atoms with Gasteiger partial charge in [0.05, 0.1) is 4.92 Å². The van der Waals surface area contributed by atoms with Crippen LogP contribution in [0.1, 0.15) is 45.3 Å². The first-order valence-electron chi connectivity index (χ1n) is 7.51. The van der Waals surface area contributed by atoms with Crippen LogP contribution in [-0.2, 0) is 0 Å².